The number of aromatic nitrogens is 5. The van der Waals surface area contributed by atoms with Crippen LogP contribution in [0.5, 0.6) is 0 Å². The second-order valence-electron chi connectivity index (χ2n) is 15.6. The van der Waals surface area contributed by atoms with Gasteiger partial charge in [-0.1, -0.05) is 164 Å². The quantitative estimate of drug-likeness (QED) is 0.147. The second kappa shape index (κ2) is 15.9. The van der Waals surface area contributed by atoms with Crippen LogP contribution in [0.15, 0.2) is 176 Å². The molecule has 1 saturated carbocycles. The molecular formula is C52H45N5. The molecule has 0 amide bonds. The van der Waals surface area contributed by atoms with Crippen LogP contribution < -0.4 is 0 Å². The minimum atomic E-state index is -0.429. The first-order valence-electron chi connectivity index (χ1n) is 20.1. The summed E-state index contributed by atoms with van der Waals surface area (Å²) in [5.41, 5.74) is 11.5. The molecule has 3 heterocycles. The van der Waals surface area contributed by atoms with E-state index in [1.54, 1.807) is 0 Å². The molecule has 278 valence electrons. The van der Waals surface area contributed by atoms with Crippen LogP contribution in [0, 0.1) is 0 Å². The van der Waals surface area contributed by atoms with Gasteiger partial charge in [-0.05, 0) is 74.3 Å². The third-order valence-corrected chi connectivity index (χ3v) is 11.5. The predicted octanol–water partition coefficient (Wildman–Crippen LogP) is 12.8. The summed E-state index contributed by atoms with van der Waals surface area (Å²) < 4.78 is 0. The maximum atomic E-state index is 5.51. The molecular weight excluding hydrogens is 695 g/mol. The summed E-state index contributed by atoms with van der Waals surface area (Å²) in [5.74, 6) is 2.83. The SMILES string of the molecule is CC(C)(c1cccc(-c2ccccc2)n1)c1nc(-c2ccccc2)ccc1C1CCCC(c2ccc(-c3nc(-c4ccccc4)nc(-c4ccccc4)n3)cc2)C1. The van der Waals surface area contributed by atoms with Gasteiger partial charge in [-0.2, -0.15) is 0 Å². The smallest absolute Gasteiger partial charge is 0.164 e. The number of rotatable bonds is 9. The van der Waals surface area contributed by atoms with Gasteiger partial charge in [-0.15, -0.1) is 0 Å². The standard InChI is InChI=1S/C52H45N5/c1-52(2,47-28-16-27-45(53-47)37-17-7-3-8-18-37)48-44(33-34-46(54-48)38-19-9-4-10-20-38)43-26-15-25-42(35-43)36-29-31-41(32-30-36)51-56-49(39-21-11-5-12-22-39)55-50(57-51)40-23-13-6-14-24-40/h3-14,16-24,27-34,42-43H,15,25-26,35H2,1-2H3. The Morgan fingerprint density at radius 1 is 0.404 bits per heavy atom. The fourth-order valence-electron chi connectivity index (χ4n) is 8.36. The van der Waals surface area contributed by atoms with Crippen molar-refractivity contribution in [1.29, 1.82) is 0 Å². The summed E-state index contributed by atoms with van der Waals surface area (Å²) in [6.45, 7) is 4.58. The van der Waals surface area contributed by atoms with Crippen LogP contribution in [0.4, 0.5) is 0 Å². The lowest BCUT2D eigenvalue weighted by atomic mass is 9.71. The summed E-state index contributed by atoms with van der Waals surface area (Å²) in [6.07, 6.45) is 4.52. The molecule has 0 bridgehead atoms. The van der Waals surface area contributed by atoms with Gasteiger partial charge in [0, 0.05) is 33.2 Å². The molecule has 0 spiro atoms. The van der Waals surface area contributed by atoms with Crippen molar-refractivity contribution in [2.24, 2.45) is 0 Å². The van der Waals surface area contributed by atoms with E-state index in [0.29, 0.717) is 29.3 Å². The number of nitrogens with zero attached hydrogens (tertiary/aromatic N) is 5. The van der Waals surface area contributed by atoms with Crippen molar-refractivity contribution in [3.63, 3.8) is 0 Å². The first-order valence-corrected chi connectivity index (χ1v) is 20.1. The van der Waals surface area contributed by atoms with Crippen molar-refractivity contribution < 1.29 is 0 Å². The highest BCUT2D eigenvalue weighted by molar-refractivity contribution is 5.67. The normalized spacial score (nSPS) is 15.6. The van der Waals surface area contributed by atoms with E-state index in [4.69, 9.17) is 24.9 Å². The summed E-state index contributed by atoms with van der Waals surface area (Å²) >= 11 is 0. The molecule has 3 aromatic heterocycles. The monoisotopic (exact) mass is 739 g/mol. The van der Waals surface area contributed by atoms with E-state index in [-0.39, 0.29) is 0 Å². The van der Waals surface area contributed by atoms with Gasteiger partial charge >= 0.3 is 0 Å². The predicted molar refractivity (Wildman–Crippen MR) is 232 cm³/mol. The molecule has 2 unspecified atom stereocenters. The molecule has 5 nitrogen and oxygen atoms in total. The van der Waals surface area contributed by atoms with Crippen molar-refractivity contribution in [2.75, 3.05) is 0 Å². The zero-order valence-corrected chi connectivity index (χ0v) is 32.5. The molecule has 1 aliphatic rings. The maximum Gasteiger partial charge on any atom is 0.164 e. The topological polar surface area (TPSA) is 64.5 Å². The summed E-state index contributed by atoms with van der Waals surface area (Å²) in [6, 6.07) is 61.2. The van der Waals surface area contributed by atoms with Crippen LogP contribution in [-0.2, 0) is 5.41 Å². The van der Waals surface area contributed by atoms with Gasteiger partial charge in [0.2, 0.25) is 0 Å². The lowest BCUT2D eigenvalue weighted by molar-refractivity contribution is 0.388. The van der Waals surface area contributed by atoms with Crippen LogP contribution in [0.25, 0.3) is 56.7 Å². The van der Waals surface area contributed by atoms with Crippen molar-refractivity contribution in [3.8, 4) is 56.7 Å². The van der Waals surface area contributed by atoms with Crippen LogP contribution >= 0.6 is 0 Å². The zero-order chi connectivity index (χ0) is 38.6. The molecule has 2 atom stereocenters. The first kappa shape index (κ1) is 36.1. The zero-order valence-electron chi connectivity index (χ0n) is 32.5. The highest BCUT2D eigenvalue weighted by Crippen LogP contribution is 2.45. The number of pyridine rings is 2. The molecule has 0 N–H and O–H groups in total. The van der Waals surface area contributed by atoms with Crippen LogP contribution in [0.2, 0.25) is 0 Å². The number of hydrogen-bond donors (Lipinski definition) is 0. The van der Waals surface area contributed by atoms with Crippen LogP contribution in [0.3, 0.4) is 0 Å². The molecule has 57 heavy (non-hydrogen) atoms. The summed E-state index contributed by atoms with van der Waals surface area (Å²) in [5, 5.41) is 0. The second-order valence-corrected chi connectivity index (χ2v) is 15.6. The van der Waals surface area contributed by atoms with Crippen molar-refractivity contribution >= 4 is 0 Å². The van der Waals surface area contributed by atoms with E-state index in [9.17, 15) is 0 Å². The van der Waals surface area contributed by atoms with Crippen molar-refractivity contribution in [3.05, 3.63) is 198 Å². The Morgan fingerprint density at radius 2 is 0.877 bits per heavy atom. The fourth-order valence-corrected chi connectivity index (χ4v) is 8.36. The van der Waals surface area contributed by atoms with Gasteiger partial charge in [0.05, 0.1) is 22.8 Å². The van der Waals surface area contributed by atoms with Gasteiger partial charge < -0.3 is 0 Å². The van der Waals surface area contributed by atoms with Gasteiger partial charge in [-0.3, -0.25) is 9.97 Å². The van der Waals surface area contributed by atoms with Crippen molar-refractivity contribution in [1.82, 2.24) is 24.9 Å². The van der Waals surface area contributed by atoms with E-state index in [0.717, 1.165) is 76.3 Å². The van der Waals surface area contributed by atoms with E-state index in [1.807, 2.05) is 66.7 Å². The molecule has 5 heteroatoms. The molecule has 0 radical (unpaired) electrons. The van der Waals surface area contributed by atoms with E-state index in [2.05, 4.69) is 123 Å². The number of hydrogen-bond acceptors (Lipinski definition) is 5. The minimum Gasteiger partial charge on any atom is -0.252 e. The Hall–Kier alpha value is -6.59. The Morgan fingerprint density at radius 3 is 1.42 bits per heavy atom. The average molecular weight is 740 g/mol. The average Bonchev–Trinajstić information content (AvgIpc) is 3.30. The van der Waals surface area contributed by atoms with E-state index in [1.165, 1.54) is 11.1 Å². The highest BCUT2D eigenvalue weighted by Gasteiger charge is 2.34. The van der Waals surface area contributed by atoms with Gasteiger partial charge in [0.1, 0.15) is 0 Å². The largest absolute Gasteiger partial charge is 0.252 e. The molecule has 5 aromatic carbocycles. The van der Waals surface area contributed by atoms with E-state index >= 15 is 0 Å². The first-order chi connectivity index (χ1) is 28.0. The molecule has 1 aliphatic carbocycles. The van der Waals surface area contributed by atoms with Crippen LogP contribution in [0.1, 0.15) is 73.9 Å². The maximum absolute atomic E-state index is 5.51. The lowest BCUT2D eigenvalue weighted by Crippen LogP contribution is -2.26. The molecule has 8 aromatic rings. The Balaban J connectivity index is 1.04. The molecule has 0 aliphatic heterocycles. The third kappa shape index (κ3) is 7.66. The summed E-state index contributed by atoms with van der Waals surface area (Å²) in [4.78, 5) is 25.6. The summed E-state index contributed by atoms with van der Waals surface area (Å²) in [7, 11) is 0. The van der Waals surface area contributed by atoms with Crippen molar-refractivity contribution in [2.45, 2.75) is 56.8 Å². The van der Waals surface area contributed by atoms with Gasteiger partial charge in [0.15, 0.2) is 17.5 Å². The highest BCUT2D eigenvalue weighted by atomic mass is 15.0. The number of benzene rings is 5. The molecule has 1 fully saturated rings. The molecule has 9 rings (SSSR count). The van der Waals surface area contributed by atoms with Gasteiger partial charge in [0.25, 0.3) is 0 Å². The molecule has 0 saturated heterocycles. The fraction of sp³-hybridized carbons (Fsp3) is 0.173. The Bertz CT molecular complexity index is 2530. The Labute approximate surface area is 335 Å². The van der Waals surface area contributed by atoms with Crippen LogP contribution in [-0.4, -0.2) is 24.9 Å². The van der Waals surface area contributed by atoms with Gasteiger partial charge in [-0.25, -0.2) is 15.0 Å². The Kier molecular flexibility index (Phi) is 10.0. The van der Waals surface area contributed by atoms with E-state index < -0.39 is 5.41 Å². The minimum absolute atomic E-state index is 0.373. The lowest BCUT2D eigenvalue weighted by Gasteiger charge is -2.34. The third-order valence-electron chi connectivity index (χ3n) is 11.5.